The van der Waals surface area contributed by atoms with Crippen LogP contribution in [0.15, 0.2) is 30.3 Å². The summed E-state index contributed by atoms with van der Waals surface area (Å²) < 4.78 is 5.25. The lowest BCUT2D eigenvalue weighted by Gasteiger charge is -2.19. The fourth-order valence-electron chi connectivity index (χ4n) is 3.53. The minimum atomic E-state index is -0.148. The van der Waals surface area contributed by atoms with Crippen molar-refractivity contribution in [3.8, 4) is 0 Å². The van der Waals surface area contributed by atoms with Crippen LogP contribution in [0.1, 0.15) is 63.5 Å². The molecule has 1 aliphatic rings. The van der Waals surface area contributed by atoms with Gasteiger partial charge in [-0.15, -0.1) is 0 Å². The zero-order valence-electron chi connectivity index (χ0n) is 17.9. The van der Waals surface area contributed by atoms with Gasteiger partial charge in [-0.25, -0.2) is 9.97 Å². The van der Waals surface area contributed by atoms with Crippen LogP contribution in [0.4, 0.5) is 11.5 Å². The molecule has 0 unspecified atom stereocenters. The highest BCUT2D eigenvalue weighted by atomic mass is 16.5. The molecule has 1 aromatic heterocycles. The van der Waals surface area contributed by atoms with Crippen LogP contribution < -0.4 is 10.6 Å². The number of methoxy groups -OCH3 is 1. The number of benzene rings is 1. The Morgan fingerprint density at radius 1 is 1.17 bits per heavy atom. The van der Waals surface area contributed by atoms with E-state index in [1.54, 1.807) is 7.11 Å². The molecule has 0 atom stereocenters. The Hall–Kier alpha value is -2.47. The predicted molar refractivity (Wildman–Crippen MR) is 116 cm³/mol. The van der Waals surface area contributed by atoms with Crippen LogP contribution in [0.5, 0.6) is 0 Å². The molecule has 0 aliphatic heterocycles. The van der Waals surface area contributed by atoms with E-state index in [2.05, 4.69) is 41.4 Å². The first-order valence-electron chi connectivity index (χ1n) is 10.4. The summed E-state index contributed by atoms with van der Waals surface area (Å²) in [5, 5.41) is 6.46. The lowest BCUT2D eigenvalue weighted by molar-refractivity contribution is -0.119. The first kappa shape index (κ1) is 21.2. The van der Waals surface area contributed by atoms with E-state index in [9.17, 15) is 4.79 Å². The van der Waals surface area contributed by atoms with Crippen LogP contribution in [0, 0.1) is 5.92 Å². The Morgan fingerprint density at radius 2 is 1.93 bits per heavy atom. The summed E-state index contributed by atoms with van der Waals surface area (Å²) in [4.78, 5) is 21.7. The summed E-state index contributed by atoms with van der Waals surface area (Å²) in [7, 11) is 1.66. The largest absolute Gasteiger partial charge is 0.378 e. The van der Waals surface area contributed by atoms with Crippen LogP contribution in [0.3, 0.4) is 0 Å². The van der Waals surface area contributed by atoms with Crippen molar-refractivity contribution >= 4 is 17.4 Å². The highest BCUT2D eigenvalue weighted by Crippen LogP contribution is 2.26. The molecule has 3 rings (SSSR count). The molecule has 1 aliphatic carbocycles. The van der Waals surface area contributed by atoms with E-state index in [1.165, 1.54) is 0 Å². The highest BCUT2D eigenvalue weighted by molar-refractivity contribution is 5.92. The zero-order chi connectivity index (χ0) is 20.9. The molecular formula is C23H32N4O2. The molecule has 0 radical (unpaired) electrons. The molecule has 1 amide bonds. The molecule has 1 heterocycles. The lowest BCUT2D eigenvalue weighted by Crippen LogP contribution is -2.20. The SMILES string of the molecule is COCc1cc(NCc2cccc(NC(=O)C3CCCC3)c2)nc(C(C)(C)C)n1. The number of hydrogen-bond acceptors (Lipinski definition) is 5. The minimum absolute atomic E-state index is 0.141. The topological polar surface area (TPSA) is 76.1 Å². The fourth-order valence-corrected chi connectivity index (χ4v) is 3.53. The van der Waals surface area contributed by atoms with Crippen LogP contribution in [-0.2, 0) is 28.1 Å². The Morgan fingerprint density at radius 3 is 2.62 bits per heavy atom. The van der Waals surface area contributed by atoms with Crippen molar-refractivity contribution in [2.45, 2.75) is 65.0 Å². The summed E-state index contributed by atoms with van der Waals surface area (Å²) in [6.45, 7) is 7.35. The first-order valence-corrected chi connectivity index (χ1v) is 10.4. The minimum Gasteiger partial charge on any atom is -0.378 e. The summed E-state index contributed by atoms with van der Waals surface area (Å²) in [6, 6.07) is 9.89. The van der Waals surface area contributed by atoms with E-state index < -0.39 is 0 Å². The average molecular weight is 397 g/mol. The number of anilines is 2. The number of nitrogens with zero attached hydrogens (tertiary/aromatic N) is 2. The third-order valence-corrected chi connectivity index (χ3v) is 5.14. The van der Waals surface area contributed by atoms with Gasteiger partial charge in [-0.05, 0) is 30.5 Å². The van der Waals surface area contributed by atoms with Crippen molar-refractivity contribution < 1.29 is 9.53 Å². The molecule has 0 spiro atoms. The predicted octanol–water partition coefficient (Wildman–Crippen LogP) is 4.66. The van der Waals surface area contributed by atoms with Crippen molar-refractivity contribution in [3.05, 3.63) is 47.4 Å². The number of carbonyl (C=O) groups is 1. The second-order valence-electron chi connectivity index (χ2n) is 8.78. The molecule has 0 bridgehead atoms. The molecule has 2 aromatic rings. The summed E-state index contributed by atoms with van der Waals surface area (Å²) >= 11 is 0. The second-order valence-corrected chi connectivity index (χ2v) is 8.78. The van der Waals surface area contributed by atoms with Crippen LogP contribution in [0.25, 0.3) is 0 Å². The Bertz CT molecular complexity index is 839. The van der Waals surface area contributed by atoms with Crippen LogP contribution in [-0.4, -0.2) is 23.0 Å². The van der Waals surface area contributed by atoms with Gasteiger partial charge >= 0.3 is 0 Å². The number of rotatable bonds is 7. The van der Waals surface area contributed by atoms with Crippen molar-refractivity contribution in [3.63, 3.8) is 0 Å². The number of ether oxygens (including phenoxy) is 1. The fraction of sp³-hybridized carbons (Fsp3) is 0.522. The molecule has 156 valence electrons. The standard InChI is InChI=1S/C23H32N4O2/c1-23(2,3)22-26-19(15-29-4)13-20(27-22)24-14-16-8-7-11-18(12-16)25-21(28)17-9-5-6-10-17/h7-8,11-13,17H,5-6,9-10,14-15H2,1-4H3,(H,25,28)(H,24,26,27). The van der Waals surface area contributed by atoms with E-state index in [0.29, 0.717) is 13.2 Å². The molecule has 1 aromatic carbocycles. The summed E-state index contributed by atoms with van der Waals surface area (Å²) in [5.41, 5.74) is 2.63. The Labute approximate surface area is 173 Å². The van der Waals surface area contributed by atoms with E-state index in [0.717, 1.165) is 54.3 Å². The van der Waals surface area contributed by atoms with Gasteiger partial charge in [0.1, 0.15) is 11.6 Å². The third-order valence-electron chi connectivity index (χ3n) is 5.14. The molecule has 1 fully saturated rings. The summed E-state index contributed by atoms with van der Waals surface area (Å²) in [5.74, 6) is 1.86. The number of amides is 1. The maximum Gasteiger partial charge on any atom is 0.227 e. The van der Waals surface area contributed by atoms with Gasteiger partial charge < -0.3 is 15.4 Å². The average Bonchev–Trinajstić information content (AvgIpc) is 3.21. The summed E-state index contributed by atoms with van der Waals surface area (Å²) in [6.07, 6.45) is 4.31. The number of nitrogens with one attached hydrogen (secondary N) is 2. The van der Waals surface area contributed by atoms with Gasteiger partial charge in [-0.1, -0.05) is 45.7 Å². The van der Waals surface area contributed by atoms with Gasteiger partial charge in [-0.2, -0.15) is 0 Å². The van der Waals surface area contributed by atoms with Crippen LogP contribution in [0.2, 0.25) is 0 Å². The van der Waals surface area contributed by atoms with Gasteiger partial charge in [0.15, 0.2) is 0 Å². The van der Waals surface area contributed by atoms with Crippen molar-refractivity contribution in [1.29, 1.82) is 0 Å². The van der Waals surface area contributed by atoms with Crippen molar-refractivity contribution in [1.82, 2.24) is 9.97 Å². The second kappa shape index (κ2) is 9.35. The Kier molecular flexibility index (Phi) is 6.85. The van der Waals surface area contributed by atoms with Crippen molar-refractivity contribution in [2.75, 3.05) is 17.7 Å². The van der Waals surface area contributed by atoms with Gasteiger partial charge in [0.05, 0.1) is 12.3 Å². The van der Waals surface area contributed by atoms with E-state index in [-0.39, 0.29) is 17.2 Å². The third kappa shape index (κ3) is 6.00. The van der Waals surface area contributed by atoms with Gasteiger partial charge in [0.2, 0.25) is 5.91 Å². The maximum absolute atomic E-state index is 12.4. The van der Waals surface area contributed by atoms with E-state index in [4.69, 9.17) is 4.74 Å². The maximum atomic E-state index is 12.4. The monoisotopic (exact) mass is 396 g/mol. The van der Waals surface area contributed by atoms with Crippen LogP contribution >= 0.6 is 0 Å². The number of hydrogen-bond donors (Lipinski definition) is 2. The first-order chi connectivity index (χ1) is 13.8. The quantitative estimate of drug-likeness (QED) is 0.712. The molecule has 2 N–H and O–H groups in total. The zero-order valence-corrected chi connectivity index (χ0v) is 17.9. The number of carbonyl (C=O) groups excluding carboxylic acids is 1. The van der Waals surface area contributed by atoms with Crippen molar-refractivity contribution in [2.24, 2.45) is 5.92 Å². The molecular weight excluding hydrogens is 364 g/mol. The van der Waals surface area contributed by atoms with E-state index in [1.807, 2.05) is 30.3 Å². The normalized spacial score (nSPS) is 14.8. The smallest absolute Gasteiger partial charge is 0.227 e. The van der Waals surface area contributed by atoms with E-state index >= 15 is 0 Å². The van der Waals surface area contributed by atoms with Gasteiger partial charge in [0.25, 0.3) is 0 Å². The molecule has 6 nitrogen and oxygen atoms in total. The lowest BCUT2D eigenvalue weighted by atomic mass is 9.95. The number of aromatic nitrogens is 2. The van der Waals surface area contributed by atoms with Gasteiger partial charge in [-0.3, -0.25) is 4.79 Å². The molecule has 6 heteroatoms. The Balaban J connectivity index is 1.68. The molecule has 1 saturated carbocycles. The molecule has 29 heavy (non-hydrogen) atoms. The highest BCUT2D eigenvalue weighted by Gasteiger charge is 2.22. The van der Waals surface area contributed by atoms with Gasteiger partial charge in [0, 0.05) is 36.7 Å². The molecule has 0 saturated heterocycles.